The van der Waals surface area contributed by atoms with Crippen molar-refractivity contribution in [2.75, 3.05) is 18.5 Å². The van der Waals surface area contributed by atoms with Gasteiger partial charge in [-0.05, 0) is 43.7 Å². The molecule has 36 heavy (non-hydrogen) atoms. The van der Waals surface area contributed by atoms with Crippen LogP contribution in [0, 0.1) is 31.6 Å². The van der Waals surface area contributed by atoms with E-state index in [1.165, 1.54) is 0 Å². The molecule has 8 atom stereocenters. The second kappa shape index (κ2) is 10.4. The Morgan fingerprint density at radius 3 is 2.50 bits per heavy atom. The number of fused-ring (bicyclic) bond motifs is 1. The highest BCUT2D eigenvalue weighted by molar-refractivity contribution is 9.09. The van der Waals surface area contributed by atoms with Crippen molar-refractivity contribution in [2.24, 2.45) is 17.8 Å². The number of alkyl halides is 1. The van der Waals surface area contributed by atoms with Crippen molar-refractivity contribution in [1.82, 2.24) is 10.2 Å². The Balaban J connectivity index is 1.80. The molecule has 8 nitrogen and oxygen atoms in total. The van der Waals surface area contributed by atoms with Gasteiger partial charge in [0, 0.05) is 17.1 Å². The molecule has 3 unspecified atom stereocenters. The van der Waals surface area contributed by atoms with Crippen molar-refractivity contribution in [1.29, 1.82) is 0 Å². The highest BCUT2D eigenvalue weighted by Crippen LogP contribution is 2.60. The van der Waals surface area contributed by atoms with Crippen LogP contribution in [0.3, 0.4) is 0 Å². The summed E-state index contributed by atoms with van der Waals surface area (Å²) in [7, 11) is 0. The van der Waals surface area contributed by atoms with Crippen LogP contribution in [0.4, 0.5) is 5.69 Å². The van der Waals surface area contributed by atoms with Gasteiger partial charge in [0.15, 0.2) is 0 Å². The lowest BCUT2D eigenvalue weighted by molar-refractivity contribution is -0.145. The summed E-state index contributed by atoms with van der Waals surface area (Å²) in [4.78, 5) is 42.9. The van der Waals surface area contributed by atoms with Crippen LogP contribution in [-0.4, -0.2) is 69.5 Å². The van der Waals surface area contributed by atoms with Gasteiger partial charge in [-0.1, -0.05) is 61.3 Å². The van der Waals surface area contributed by atoms with Gasteiger partial charge in [0.25, 0.3) is 0 Å². The number of aryl methyl sites for hydroxylation is 2. The number of nitrogens with one attached hydrogen (secondary N) is 2. The predicted octanol–water partition coefficient (Wildman–Crippen LogP) is 2.92. The van der Waals surface area contributed by atoms with Gasteiger partial charge in [0.1, 0.15) is 11.6 Å². The van der Waals surface area contributed by atoms with Crippen LogP contribution in [0.5, 0.6) is 0 Å². The fourth-order valence-corrected chi connectivity index (χ4v) is 7.35. The van der Waals surface area contributed by atoms with Crippen LogP contribution in [0.1, 0.15) is 51.2 Å². The predicted molar refractivity (Wildman–Crippen MR) is 141 cm³/mol. The number of carbonyl (C=O) groups excluding carboxylic acids is 3. The van der Waals surface area contributed by atoms with E-state index in [4.69, 9.17) is 4.74 Å². The largest absolute Gasteiger partial charge is 0.394 e. The monoisotopic (exact) mass is 563 g/mol. The van der Waals surface area contributed by atoms with Crippen molar-refractivity contribution < 1.29 is 24.2 Å². The van der Waals surface area contributed by atoms with Crippen LogP contribution in [0.25, 0.3) is 0 Å². The number of aliphatic hydroxyl groups excluding tert-OH is 1. The maximum atomic E-state index is 14.1. The van der Waals surface area contributed by atoms with Gasteiger partial charge < -0.3 is 25.4 Å². The second-order valence-corrected chi connectivity index (χ2v) is 11.8. The number of nitrogens with zero attached hydrogens (tertiary/aromatic N) is 1. The molecule has 0 aliphatic carbocycles. The van der Waals surface area contributed by atoms with E-state index in [2.05, 4.69) is 26.6 Å². The molecule has 3 saturated heterocycles. The van der Waals surface area contributed by atoms with Gasteiger partial charge in [0.05, 0.1) is 30.6 Å². The summed E-state index contributed by atoms with van der Waals surface area (Å²) in [5.74, 6) is -2.37. The number of rotatable bonds is 9. The lowest BCUT2D eigenvalue weighted by Crippen LogP contribution is -2.58. The van der Waals surface area contributed by atoms with Gasteiger partial charge in [0.2, 0.25) is 17.7 Å². The zero-order valence-electron chi connectivity index (χ0n) is 21.7. The summed E-state index contributed by atoms with van der Waals surface area (Å²) in [6.07, 6.45) is 1.44. The zero-order chi connectivity index (χ0) is 26.4. The molecule has 3 amide bonds. The standard InChI is InChI=1S/C27H38BrN3O5/c1-6-11-29-24(33)19-20-26(35)31(18(13-32)14(3)7-2)23(27(20)12-17(28)22(19)36-27)25(34)30-21-15(4)9-8-10-16(21)5/h8-10,14,17-20,22-23,32H,6-7,11-13H2,1-5H3,(H,29,33)(H,30,34)/t14-,17?,18-,19-,20-,22-,23?,27?/m0/s1. The molecule has 198 valence electrons. The van der Waals surface area contributed by atoms with E-state index in [0.717, 1.165) is 24.0 Å². The Labute approximate surface area is 221 Å². The van der Waals surface area contributed by atoms with Gasteiger partial charge in [-0.3, -0.25) is 14.4 Å². The van der Waals surface area contributed by atoms with E-state index in [1.54, 1.807) is 4.90 Å². The average molecular weight is 565 g/mol. The first-order valence-electron chi connectivity index (χ1n) is 13.0. The summed E-state index contributed by atoms with van der Waals surface area (Å²) in [5.41, 5.74) is 1.39. The van der Waals surface area contributed by atoms with Crippen LogP contribution >= 0.6 is 15.9 Å². The van der Waals surface area contributed by atoms with Crippen LogP contribution in [0.15, 0.2) is 18.2 Å². The third kappa shape index (κ3) is 4.17. The number of carbonyl (C=O) groups is 3. The number of benzene rings is 1. The van der Waals surface area contributed by atoms with Crippen LogP contribution < -0.4 is 10.6 Å². The minimum absolute atomic E-state index is 0.0472. The lowest BCUT2D eigenvalue weighted by atomic mass is 9.70. The Morgan fingerprint density at radius 2 is 1.92 bits per heavy atom. The maximum Gasteiger partial charge on any atom is 0.250 e. The highest BCUT2D eigenvalue weighted by Gasteiger charge is 2.77. The van der Waals surface area contributed by atoms with E-state index < -0.39 is 35.6 Å². The minimum Gasteiger partial charge on any atom is -0.394 e. The number of halogens is 1. The Bertz CT molecular complexity index is 1010. The number of hydrogen-bond acceptors (Lipinski definition) is 5. The number of anilines is 1. The first-order chi connectivity index (χ1) is 17.1. The molecular weight excluding hydrogens is 526 g/mol. The Morgan fingerprint density at radius 1 is 1.25 bits per heavy atom. The number of amides is 3. The maximum absolute atomic E-state index is 14.1. The van der Waals surface area contributed by atoms with E-state index in [9.17, 15) is 19.5 Å². The molecule has 0 radical (unpaired) electrons. The second-order valence-electron chi connectivity index (χ2n) is 10.6. The number of hydrogen-bond donors (Lipinski definition) is 3. The average Bonchev–Trinajstić information content (AvgIpc) is 3.44. The normalized spacial score (nSPS) is 32.4. The van der Waals surface area contributed by atoms with Gasteiger partial charge >= 0.3 is 0 Å². The molecule has 3 fully saturated rings. The zero-order valence-corrected chi connectivity index (χ0v) is 23.3. The van der Waals surface area contributed by atoms with Crippen LogP contribution in [0.2, 0.25) is 0 Å². The van der Waals surface area contributed by atoms with Crippen molar-refractivity contribution in [3.05, 3.63) is 29.3 Å². The first kappa shape index (κ1) is 27.1. The summed E-state index contributed by atoms with van der Waals surface area (Å²) in [6.45, 7) is 10.0. The van der Waals surface area contributed by atoms with Gasteiger partial charge in [-0.15, -0.1) is 0 Å². The molecule has 3 aliphatic heterocycles. The van der Waals surface area contributed by atoms with Crippen molar-refractivity contribution in [3.8, 4) is 0 Å². The third-order valence-corrected chi connectivity index (χ3v) is 9.25. The first-order valence-corrected chi connectivity index (χ1v) is 13.9. The van der Waals surface area contributed by atoms with Gasteiger partial charge in [-0.2, -0.15) is 0 Å². The summed E-state index contributed by atoms with van der Waals surface area (Å²) in [6, 6.07) is 4.26. The lowest BCUT2D eigenvalue weighted by Gasteiger charge is -2.39. The molecule has 3 aliphatic rings. The number of likely N-dealkylation sites (tertiary alicyclic amines) is 1. The molecule has 1 aromatic carbocycles. The van der Waals surface area contributed by atoms with Crippen molar-refractivity contribution in [2.45, 2.75) is 82.5 Å². The summed E-state index contributed by atoms with van der Waals surface area (Å²) in [5, 5.41) is 16.4. The minimum atomic E-state index is -1.15. The molecule has 1 spiro atoms. The van der Waals surface area contributed by atoms with Crippen LogP contribution in [-0.2, 0) is 19.1 Å². The number of ether oxygens (including phenoxy) is 1. The SMILES string of the molecule is CCCNC(=O)[C@H]1[C@H]2C(=O)N([C@@H](CO)[C@@H](C)CC)C(C(=O)Nc3c(C)cccc3C)C23CC(Br)[C@@H]1O3. The Kier molecular flexibility index (Phi) is 7.84. The van der Waals surface area contributed by atoms with E-state index in [0.29, 0.717) is 18.7 Å². The smallest absolute Gasteiger partial charge is 0.250 e. The van der Waals surface area contributed by atoms with E-state index in [-0.39, 0.29) is 35.1 Å². The molecule has 3 heterocycles. The summed E-state index contributed by atoms with van der Waals surface area (Å²) < 4.78 is 6.54. The number of aliphatic hydroxyl groups is 1. The van der Waals surface area contributed by atoms with Crippen molar-refractivity contribution in [3.63, 3.8) is 0 Å². The molecule has 3 N–H and O–H groups in total. The molecule has 4 rings (SSSR count). The Hall–Kier alpha value is -1.97. The molecule has 1 aromatic rings. The van der Waals surface area contributed by atoms with E-state index in [1.807, 2.05) is 52.8 Å². The summed E-state index contributed by atoms with van der Waals surface area (Å²) >= 11 is 3.69. The quantitative estimate of drug-likeness (QED) is 0.400. The number of para-hydroxylation sites is 1. The van der Waals surface area contributed by atoms with Crippen molar-refractivity contribution >= 4 is 39.3 Å². The molecule has 0 aromatic heterocycles. The topological polar surface area (TPSA) is 108 Å². The molecule has 2 bridgehead atoms. The molecule has 0 saturated carbocycles. The third-order valence-electron chi connectivity index (χ3n) is 8.40. The van der Waals surface area contributed by atoms with Gasteiger partial charge in [-0.25, -0.2) is 0 Å². The highest BCUT2D eigenvalue weighted by atomic mass is 79.9. The molecular formula is C27H38BrN3O5. The fraction of sp³-hybridized carbons (Fsp3) is 0.667. The van der Waals surface area contributed by atoms with E-state index >= 15 is 0 Å². The molecule has 9 heteroatoms. The fourth-order valence-electron chi connectivity index (χ4n) is 6.41.